The summed E-state index contributed by atoms with van der Waals surface area (Å²) in [5, 5.41) is 16.2. The van der Waals surface area contributed by atoms with Crippen LogP contribution >= 0.6 is 15.8 Å². The number of hydrogen-bond acceptors (Lipinski definition) is 0. The minimum Gasteiger partial charge on any atom is -0.366 e. The van der Waals surface area contributed by atoms with E-state index in [0.717, 1.165) is 16.6 Å². The fraction of sp³-hybridized carbons (Fsp3) is 0.0278. The van der Waals surface area contributed by atoms with Gasteiger partial charge in [0.1, 0.15) is 47.7 Å². The number of nitrogens with zero attached hydrogens (tertiary/aromatic N) is 3. The first kappa shape index (κ1) is 54.8. The van der Waals surface area contributed by atoms with Gasteiger partial charge in [0.05, 0.1) is 11.0 Å². The normalized spacial score (nSPS) is 11.0. The van der Waals surface area contributed by atoms with E-state index >= 15 is 0 Å². The van der Waals surface area contributed by atoms with Crippen LogP contribution in [0.4, 0.5) is 0 Å². The molecule has 388 valence electrons. The van der Waals surface area contributed by atoms with Crippen LogP contribution in [0.15, 0.2) is 273 Å². The van der Waals surface area contributed by atoms with Crippen molar-refractivity contribution in [2.45, 2.75) is 0 Å². The van der Waals surface area contributed by atoms with E-state index in [-0.39, 0.29) is 44.8 Å². The molecule has 79 heavy (non-hydrogen) atoms. The zero-order valence-electron chi connectivity index (χ0n) is 43.6. The summed E-state index contributed by atoms with van der Waals surface area (Å²) in [6.45, 7) is 5.55. The second kappa shape index (κ2) is 24.6. The summed E-state index contributed by atoms with van der Waals surface area (Å²) in [4.78, 5) is 0. The van der Waals surface area contributed by atoms with Crippen LogP contribution < -0.4 is 31.8 Å². The van der Waals surface area contributed by atoms with Gasteiger partial charge in [-0.05, 0) is 84.9 Å². The molecule has 3 nitrogen and oxygen atoms in total. The van der Waals surface area contributed by atoms with Crippen molar-refractivity contribution in [1.82, 2.24) is 13.7 Å². The van der Waals surface area contributed by atoms with Gasteiger partial charge in [0.2, 0.25) is 0 Å². The molecule has 0 N–H and O–H groups in total. The summed E-state index contributed by atoms with van der Waals surface area (Å²) in [5.74, 6) is 2.43. The standard InChI is InChI=1S/C42H31NP2.C15H12N.C15H10N.2Au/c1-6-18-32(19-7-1)43-39-29-17-16-28-37(39)38-30-41(44(33-20-8-2-9-21-33)34-22-10-3-11-23-34)42(31-40(38)43)45(35-24-12-4-13-25-35)36-26-14-5-15-27-36;2*1-3-11-8-9-13-12-6-4-5-7-14(12)16(2)15(13)10-11;;/h1-31H;1,3-10H,2H3;4-10H,2H3;;/q;2*-1;2*+1/p+2. The maximum absolute atomic E-state index is 7.16. The molecular formula is C72H55Au2N3P2+2. The van der Waals surface area contributed by atoms with E-state index in [4.69, 9.17) is 13.0 Å². The van der Waals surface area contributed by atoms with E-state index in [1.165, 1.54) is 97.4 Å². The zero-order valence-corrected chi connectivity index (χ0v) is 49.9. The van der Waals surface area contributed by atoms with Crippen molar-refractivity contribution in [2.24, 2.45) is 14.1 Å². The molecule has 0 saturated carbocycles. The molecule has 0 aliphatic carbocycles. The second-order valence-corrected chi connectivity index (χ2v) is 24.2. The Labute approximate surface area is 496 Å². The van der Waals surface area contributed by atoms with Gasteiger partial charge in [0, 0.05) is 80.2 Å². The van der Waals surface area contributed by atoms with Gasteiger partial charge in [0.25, 0.3) is 0 Å². The summed E-state index contributed by atoms with van der Waals surface area (Å²) in [7, 11) is 1.40. The van der Waals surface area contributed by atoms with Crippen molar-refractivity contribution in [3.63, 3.8) is 0 Å². The molecule has 3 heterocycles. The molecule has 14 aromatic rings. The monoisotopic (exact) mass is 1420 g/mol. The molecule has 0 radical (unpaired) electrons. The molecule has 0 aliphatic rings. The summed E-state index contributed by atoms with van der Waals surface area (Å²) in [6, 6.07) is 98.7. The van der Waals surface area contributed by atoms with Crippen molar-refractivity contribution in [3.8, 4) is 11.6 Å². The molecule has 7 heteroatoms. The van der Waals surface area contributed by atoms with Crippen LogP contribution in [0.3, 0.4) is 0 Å². The molecule has 0 spiro atoms. The number of hydrogen-bond donors (Lipinski definition) is 0. The molecule has 11 aromatic carbocycles. The Morgan fingerprint density at radius 3 is 1.18 bits per heavy atom. The maximum Gasteiger partial charge on any atom is 1.00 e. The van der Waals surface area contributed by atoms with E-state index in [1.807, 2.05) is 18.2 Å². The number of aromatic nitrogens is 3. The third kappa shape index (κ3) is 10.7. The van der Waals surface area contributed by atoms with Crippen LogP contribution in [-0.2, 0) is 58.9 Å². The first-order valence-corrected chi connectivity index (χ1v) is 29.0. The Balaban J connectivity index is 0.000000168. The van der Waals surface area contributed by atoms with Crippen molar-refractivity contribution < 1.29 is 44.8 Å². The van der Waals surface area contributed by atoms with Crippen LogP contribution in [0, 0.1) is 18.9 Å². The topological polar surface area (TPSA) is 14.8 Å². The molecule has 0 amide bonds. The van der Waals surface area contributed by atoms with Gasteiger partial charge in [-0.15, -0.1) is 29.8 Å². The first-order valence-electron chi connectivity index (χ1n) is 26.0. The van der Waals surface area contributed by atoms with E-state index in [2.05, 4.69) is 289 Å². The average molecular weight is 1420 g/mol. The Morgan fingerprint density at radius 2 is 0.722 bits per heavy atom. The van der Waals surface area contributed by atoms with Gasteiger partial charge in [0.15, 0.2) is 0 Å². The number of benzene rings is 11. The zero-order chi connectivity index (χ0) is 52.2. The Bertz CT molecular complexity index is 4370. The smallest absolute Gasteiger partial charge is 0.366 e. The SMILES string of the molecule is [Au+].[Au+].[C-]#Cc1ccc2c3ccccc3n(C)c2c1.[CH-]=Cc1ccc2c3ccccc3n(C)c2c1.c1ccc(-n2c3ccccc3c3cc([PH+](c4ccccc4)c4ccccc4)c([PH+](c4ccccc4)c4ccccc4)cc32)cc1. The van der Waals surface area contributed by atoms with Crippen LogP contribution in [0.5, 0.6) is 0 Å². The molecule has 14 rings (SSSR count). The van der Waals surface area contributed by atoms with Gasteiger partial charge >= 0.3 is 44.8 Å². The summed E-state index contributed by atoms with van der Waals surface area (Å²) < 4.78 is 6.83. The number of para-hydroxylation sites is 4. The Morgan fingerprint density at radius 1 is 0.354 bits per heavy atom. The quantitative estimate of drug-likeness (QED) is 0.0623. The fourth-order valence-electron chi connectivity index (χ4n) is 11.2. The average Bonchev–Trinajstić information content (AvgIpc) is 4.28. The molecule has 0 bridgehead atoms. The van der Waals surface area contributed by atoms with E-state index in [1.54, 1.807) is 6.08 Å². The van der Waals surface area contributed by atoms with E-state index < -0.39 is 15.8 Å². The second-order valence-electron chi connectivity index (χ2n) is 19.3. The van der Waals surface area contributed by atoms with Crippen LogP contribution in [0.25, 0.3) is 77.2 Å². The van der Waals surface area contributed by atoms with Crippen molar-refractivity contribution in [2.75, 3.05) is 0 Å². The van der Waals surface area contributed by atoms with Gasteiger partial charge in [-0.25, -0.2) is 6.08 Å². The molecule has 0 aliphatic heterocycles. The predicted octanol–water partition coefficient (Wildman–Crippen LogP) is 14.8. The fourth-order valence-corrected chi connectivity index (χ4v) is 17.2. The molecule has 0 fully saturated rings. The minimum atomic E-state index is -1.38. The number of fused-ring (bicyclic) bond motifs is 9. The summed E-state index contributed by atoms with van der Waals surface area (Å²) in [6.07, 6.45) is 8.80. The van der Waals surface area contributed by atoms with Gasteiger partial charge in [-0.1, -0.05) is 158 Å². The largest absolute Gasteiger partial charge is 1.00 e. The first-order chi connectivity index (χ1) is 38.0. The van der Waals surface area contributed by atoms with Gasteiger partial charge in [-0.2, -0.15) is 5.56 Å². The maximum atomic E-state index is 7.16. The van der Waals surface area contributed by atoms with E-state index in [9.17, 15) is 0 Å². The van der Waals surface area contributed by atoms with Crippen molar-refractivity contribution >= 4 is 119 Å². The third-order valence-corrected chi connectivity index (χ3v) is 20.6. The number of rotatable bonds is 8. The predicted molar refractivity (Wildman–Crippen MR) is 337 cm³/mol. The minimum absolute atomic E-state index is 0. The third-order valence-electron chi connectivity index (χ3n) is 14.8. The van der Waals surface area contributed by atoms with Gasteiger partial charge in [-0.3, -0.25) is 12.5 Å². The number of aryl methyl sites for hydroxylation is 2. The molecule has 0 unspecified atom stereocenters. The summed E-state index contributed by atoms with van der Waals surface area (Å²) in [5.41, 5.74) is 10.4. The Kier molecular flexibility index (Phi) is 17.1. The molecule has 0 atom stereocenters. The molecule has 3 aromatic heterocycles. The molecular weight excluding hydrogens is 1360 g/mol. The van der Waals surface area contributed by atoms with Gasteiger partial charge < -0.3 is 20.1 Å². The van der Waals surface area contributed by atoms with Crippen molar-refractivity contribution in [3.05, 3.63) is 297 Å². The van der Waals surface area contributed by atoms with Crippen LogP contribution in [0.2, 0.25) is 0 Å². The van der Waals surface area contributed by atoms with Crippen molar-refractivity contribution in [1.29, 1.82) is 0 Å². The van der Waals surface area contributed by atoms with Crippen LogP contribution in [-0.4, -0.2) is 13.7 Å². The summed E-state index contributed by atoms with van der Waals surface area (Å²) >= 11 is 0. The van der Waals surface area contributed by atoms with Crippen LogP contribution in [0.1, 0.15) is 11.1 Å². The molecule has 0 saturated heterocycles. The van der Waals surface area contributed by atoms with E-state index in [0.29, 0.717) is 0 Å². The Hall–Kier alpha value is -7.54.